The summed E-state index contributed by atoms with van der Waals surface area (Å²) in [5.41, 5.74) is 4.89. The number of hydrogen-bond donors (Lipinski definition) is 1. The largest absolute Gasteiger partial charge is 0.497 e. The van der Waals surface area contributed by atoms with Crippen molar-refractivity contribution in [1.29, 1.82) is 5.26 Å². The number of benzene rings is 2. The zero-order chi connectivity index (χ0) is 20.4. The van der Waals surface area contributed by atoms with Crippen LogP contribution in [0.2, 0.25) is 0 Å². The van der Waals surface area contributed by atoms with Crippen LogP contribution in [0.25, 0.3) is 16.9 Å². The van der Waals surface area contributed by atoms with E-state index in [2.05, 4.69) is 11.2 Å². The molecule has 0 bridgehead atoms. The van der Waals surface area contributed by atoms with Crippen LogP contribution in [0.4, 0.5) is 5.82 Å². The van der Waals surface area contributed by atoms with Crippen molar-refractivity contribution < 1.29 is 4.74 Å². The van der Waals surface area contributed by atoms with Gasteiger partial charge < -0.3 is 4.74 Å². The van der Waals surface area contributed by atoms with Gasteiger partial charge in [0.25, 0.3) is 0 Å². The first kappa shape index (κ1) is 18.8. The van der Waals surface area contributed by atoms with E-state index >= 15 is 0 Å². The molecule has 6 nitrogen and oxygen atoms in total. The van der Waals surface area contributed by atoms with Crippen LogP contribution < -0.4 is 4.74 Å². The molecule has 144 valence electrons. The van der Waals surface area contributed by atoms with E-state index in [9.17, 15) is 5.26 Å². The van der Waals surface area contributed by atoms with Gasteiger partial charge in [-0.25, -0.2) is 14.5 Å². The number of aromatic nitrogens is 3. The number of aryl methyl sites for hydroxylation is 1. The fourth-order valence-electron chi connectivity index (χ4n) is 3.04. The Balaban J connectivity index is 1.87. The molecule has 0 fully saturated rings. The second kappa shape index (κ2) is 7.86. The zero-order valence-corrected chi connectivity index (χ0v) is 17.1. The monoisotopic (exact) mass is 401 g/mol. The zero-order valence-electron chi connectivity index (χ0n) is 16.3. The maximum Gasteiger partial charge on any atom is 0.180 e. The summed E-state index contributed by atoms with van der Waals surface area (Å²) in [7, 11) is 1.64. The lowest BCUT2D eigenvalue weighted by Crippen LogP contribution is -1.88. The van der Waals surface area contributed by atoms with Gasteiger partial charge in [0.05, 0.1) is 7.11 Å². The van der Waals surface area contributed by atoms with Gasteiger partial charge in [-0.05, 0) is 43.0 Å². The smallest absolute Gasteiger partial charge is 0.180 e. The predicted molar refractivity (Wildman–Crippen MR) is 116 cm³/mol. The first-order chi connectivity index (χ1) is 14.1. The predicted octanol–water partition coefficient (Wildman–Crippen LogP) is 4.99. The van der Waals surface area contributed by atoms with Crippen molar-refractivity contribution in [2.75, 3.05) is 13.4 Å². The third-order valence-corrected chi connectivity index (χ3v) is 5.31. The van der Waals surface area contributed by atoms with Crippen molar-refractivity contribution in [3.63, 3.8) is 0 Å². The minimum atomic E-state index is 0.525. The third kappa shape index (κ3) is 3.50. The first-order valence-electron chi connectivity index (χ1n) is 8.98. The average molecular weight is 401 g/mol. The number of nitrogens with one attached hydrogen (secondary N) is 1. The lowest BCUT2D eigenvalue weighted by atomic mass is 10.1. The molecular formula is C22H19N5OS. The van der Waals surface area contributed by atoms with Crippen molar-refractivity contribution >= 4 is 29.4 Å². The molecule has 0 aliphatic rings. The maximum absolute atomic E-state index is 9.61. The maximum atomic E-state index is 9.61. The van der Waals surface area contributed by atoms with Crippen molar-refractivity contribution in [1.82, 2.24) is 14.6 Å². The molecule has 4 aromatic rings. The van der Waals surface area contributed by atoms with Crippen LogP contribution in [-0.2, 0) is 0 Å². The molecular weight excluding hydrogens is 382 g/mol. The normalized spacial score (nSPS) is 11.2. The number of aromatic amines is 1. The van der Waals surface area contributed by atoms with E-state index in [1.807, 2.05) is 61.7 Å². The first-order valence-corrected chi connectivity index (χ1v) is 10.2. The number of thioether (sulfide) groups is 1. The van der Waals surface area contributed by atoms with Crippen LogP contribution in [0.1, 0.15) is 16.7 Å². The SMILES string of the molecule is COc1ccc(C=Nc2c(-c3ccc(C)cc3)nc3c(C#N)c(SC)[nH]n23)cc1. The number of rotatable bonds is 5. The van der Waals surface area contributed by atoms with Gasteiger partial charge >= 0.3 is 0 Å². The van der Waals surface area contributed by atoms with E-state index in [0.717, 1.165) is 27.6 Å². The summed E-state index contributed by atoms with van der Waals surface area (Å²) in [5.74, 6) is 1.44. The Labute approximate surface area is 172 Å². The van der Waals surface area contributed by atoms with Crippen LogP contribution in [0.5, 0.6) is 5.75 Å². The molecule has 0 amide bonds. The number of hydrogen-bond acceptors (Lipinski definition) is 5. The Bertz CT molecular complexity index is 1230. The molecule has 2 aromatic carbocycles. The fraction of sp³-hybridized carbons (Fsp3) is 0.136. The van der Waals surface area contributed by atoms with Gasteiger partial charge in [0.2, 0.25) is 0 Å². The number of aliphatic imine (C=N–C) groups is 1. The van der Waals surface area contributed by atoms with Crippen LogP contribution >= 0.6 is 11.8 Å². The summed E-state index contributed by atoms with van der Waals surface area (Å²) in [6.07, 6.45) is 3.71. The molecule has 0 saturated carbocycles. The van der Waals surface area contributed by atoms with Crippen LogP contribution in [-0.4, -0.2) is 34.2 Å². The third-order valence-electron chi connectivity index (χ3n) is 4.61. The molecule has 0 unspecified atom stereocenters. The Kier molecular flexibility index (Phi) is 5.10. The average Bonchev–Trinajstić information content (AvgIpc) is 3.28. The topological polar surface area (TPSA) is 78.5 Å². The number of nitrogens with zero attached hydrogens (tertiary/aromatic N) is 4. The van der Waals surface area contributed by atoms with E-state index in [-0.39, 0.29) is 0 Å². The van der Waals surface area contributed by atoms with Crippen molar-refractivity contribution in [2.45, 2.75) is 11.9 Å². The minimum absolute atomic E-state index is 0.525. The Morgan fingerprint density at radius 3 is 2.52 bits per heavy atom. The van der Waals surface area contributed by atoms with Crippen LogP contribution in [0.3, 0.4) is 0 Å². The van der Waals surface area contributed by atoms with Crippen molar-refractivity contribution in [3.05, 3.63) is 65.2 Å². The standard InChI is InChI=1S/C22H19N5OS/c1-14-4-8-16(9-5-14)19-21(24-13-15-6-10-17(28-2)11-7-15)27-20(25-19)18(12-23)22(26-27)29-3/h4-11,13,26H,1-3H3. The number of nitriles is 1. The minimum Gasteiger partial charge on any atom is -0.497 e. The van der Waals surface area contributed by atoms with E-state index < -0.39 is 0 Å². The van der Waals surface area contributed by atoms with E-state index in [0.29, 0.717) is 17.0 Å². The Hall–Kier alpha value is -3.50. The lowest BCUT2D eigenvalue weighted by Gasteiger charge is -2.02. The van der Waals surface area contributed by atoms with Gasteiger partial charge in [0.1, 0.15) is 28.1 Å². The number of imidazole rings is 1. The Morgan fingerprint density at radius 2 is 1.90 bits per heavy atom. The highest BCUT2D eigenvalue weighted by molar-refractivity contribution is 7.98. The van der Waals surface area contributed by atoms with Gasteiger partial charge in [-0.2, -0.15) is 5.26 Å². The molecule has 0 aliphatic heterocycles. The summed E-state index contributed by atoms with van der Waals surface area (Å²) < 4.78 is 6.99. The second-order valence-corrected chi connectivity index (χ2v) is 7.29. The molecule has 0 radical (unpaired) electrons. The van der Waals surface area contributed by atoms with Gasteiger partial charge in [0, 0.05) is 11.8 Å². The summed E-state index contributed by atoms with van der Waals surface area (Å²) in [6.45, 7) is 2.04. The highest BCUT2D eigenvalue weighted by Gasteiger charge is 2.20. The molecule has 2 heterocycles. The van der Waals surface area contributed by atoms with Crippen molar-refractivity contribution in [2.24, 2.45) is 4.99 Å². The quantitative estimate of drug-likeness (QED) is 0.377. The van der Waals surface area contributed by atoms with E-state index in [1.165, 1.54) is 17.3 Å². The molecule has 29 heavy (non-hydrogen) atoms. The molecule has 0 atom stereocenters. The number of fused-ring (bicyclic) bond motifs is 1. The van der Waals surface area contributed by atoms with Gasteiger partial charge in [-0.3, -0.25) is 5.10 Å². The lowest BCUT2D eigenvalue weighted by molar-refractivity contribution is 0.415. The molecule has 2 aromatic heterocycles. The highest BCUT2D eigenvalue weighted by Crippen LogP contribution is 2.34. The Morgan fingerprint density at radius 1 is 1.17 bits per heavy atom. The van der Waals surface area contributed by atoms with Gasteiger partial charge in [-0.15, -0.1) is 11.8 Å². The van der Waals surface area contributed by atoms with E-state index in [4.69, 9.17) is 14.7 Å². The molecule has 0 spiro atoms. The van der Waals surface area contributed by atoms with Crippen molar-refractivity contribution in [3.8, 4) is 23.1 Å². The summed E-state index contributed by atoms with van der Waals surface area (Å²) >= 11 is 1.48. The summed E-state index contributed by atoms with van der Waals surface area (Å²) in [5, 5.41) is 13.6. The number of H-pyrrole nitrogens is 1. The number of methoxy groups -OCH3 is 1. The molecule has 1 N–H and O–H groups in total. The summed E-state index contributed by atoms with van der Waals surface area (Å²) in [4.78, 5) is 9.48. The second-order valence-electron chi connectivity index (χ2n) is 6.47. The highest BCUT2D eigenvalue weighted by atomic mass is 32.2. The molecule has 4 rings (SSSR count). The fourth-order valence-corrected chi connectivity index (χ4v) is 3.57. The molecule has 7 heteroatoms. The van der Waals surface area contributed by atoms with Crippen LogP contribution in [0.15, 0.2) is 58.5 Å². The molecule has 0 aliphatic carbocycles. The summed E-state index contributed by atoms with van der Waals surface area (Å²) in [6, 6.07) is 18.0. The number of ether oxygens (including phenoxy) is 1. The van der Waals surface area contributed by atoms with Crippen LogP contribution in [0, 0.1) is 18.3 Å². The van der Waals surface area contributed by atoms with Gasteiger partial charge in [0.15, 0.2) is 11.5 Å². The van der Waals surface area contributed by atoms with Gasteiger partial charge in [-0.1, -0.05) is 29.8 Å². The molecule has 0 saturated heterocycles. The van der Waals surface area contributed by atoms with E-state index in [1.54, 1.807) is 17.8 Å².